The Kier molecular flexibility index (Phi) is 3.18. The van der Waals surface area contributed by atoms with Crippen LogP contribution in [0.5, 0.6) is 0 Å². The summed E-state index contributed by atoms with van der Waals surface area (Å²) in [5.41, 5.74) is 3.34. The molecular weight excluding hydrogens is 248 g/mol. The van der Waals surface area contributed by atoms with Crippen LogP contribution >= 0.6 is 0 Å². The first-order valence-corrected chi connectivity index (χ1v) is 6.81. The SMILES string of the molecule is CN(C)c1ccc(C2CC(=O)N2c2ccccc2)cc1. The van der Waals surface area contributed by atoms with Gasteiger partial charge in [-0.3, -0.25) is 4.79 Å². The van der Waals surface area contributed by atoms with Crippen LogP contribution in [-0.4, -0.2) is 20.0 Å². The molecule has 1 aliphatic rings. The standard InChI is InChI=1S/C17H18N2O/c1-18(2)14-10-8-13(9-11-14)16-12-17(20)19(16)15-6-4-3-5-7-15/h3-11,16H,12H2,1-2H3. The van der Waals surface area contributed by atoms with Crippen LogP contribution in [0.1, 0.15) is 18.0 Å². The van der Waals surface area contributed by atoms with E-state index in [0.29, 0.717) is 6.42 Å². The molecular formula is C17H18N2O. The van der Waals surface area contributed by atoms with Gasteiger partial charge in [-0.05, 0) is 29.8 Å². The van der Waals surface area contributed by atoms with Crippen LogP contribution in [0, 0.1) is 0 Å². The third kappa shape index (κ3) is 2.16. The highest BCUT2D eigenvalue weighted by Crippen LogP contribution is 2.38. The van der Waals surface area contributed by atoms with Gasteiger partial charge in [0.1, 0.15) is 0 Å². The first kappa shape index (κ1) is 12.7. The molecule has 1 atom stereocenters. The molecule has 20 heavy (non-hydrogen) atoms. The van der Waals surface area contributed by atoms with Crippen LogP contribution in [0.25, 0.3) is 0 Å². The maximum atomic E-state index is 11.9. The van der Waals surface area contributed by atoms with E-state index in [0.717, 1.165) is 5.69 Å². The van der Waals surface area contributed by atoms with Gasteiger partial charge in [0.15, 0.2) is 0 Å². The van der Waals surface area contributed by atoms with E-state index >= 15 is 0 Å². The Morgan fingerprint density at radius 1 is 1.00 bits per heavy atom. The predicted octanol–water partition coefficient (Wildman–Crippen LogP) is 3.23. The fraction of sp³-hybridized carbons (Fsp3) is 0.235. The molecule has 0 saturated carbocycles. The summed E-state index contributed by atoms with van der Waals surface area (Å²) in [6.45, 7) is 0. The van der Waals surface area contributed by atoms with E-state index in [1.807, 2.05) is 49.3 Å². The summed E-state index contributed by atoms with van der Waals surface area (Å²) in [5, 5.41) is 0. The summed E-state index contributed by atoms with van der Waals surface area (Å²) in [5.74, 6) is 0.192. The second-order valence-corrected chi connectivity index (χ2v) is 5.31. The molecule has 1 aliphatic heterocycles. The van der Waals surface area contributed by atoms with Gasteiger partial charge in [0.2, 0.25) is 5.91 Å². The number of rotatable bonds is 3. The highest BCUT2D eigenvalue weighted by atomic mass is 16.2. The van der Waals surface area contributed by atoms with Gasteiger partial charge in [-0.1, -0.05) is 30.3 Å². The second kappa shape index (κ2) is 5.00. The Bertz CT molecular complexity index is 605. The second-order valence-electron chi connectivity index (χ2n) is 5.31. The van der Waals surface area contributed by atoms with Crippen molar-refractivity contribution in [3.8, 4) is 0 Å². The summed E-state index contributed by atoms with van der Waals surface area (Å²) in [6, 6.07) is 18.5. The average Bonchev–Trinajstić information content (AvgIpc) is 2.46. The molecule has 3 heteroatoms. The number of hydrogen-bond donors (Lipinski definition) is 0. The van der Waals surface area contributed by atoms with E-state index in [1.165, 1.54) is 11.3 Å². The van der Waals surface area contributed by atoms with Gasteiger partial charge in [-0.2, -0.15) is 0 Å². The Morgan fingerprint density at radius 2 is 1.65 bits per heavy atom. The number of benzene rings is 2. The van der Waals surface area contributed by atoms with Crippen molar-refractivity contribution in [3.05, 3.63) is 60.2 Å². The summed E-state index contributed by atoms with van der Waals surface area (Å²) in [4.78, 5) is 15.9. The van der Waals surface area contributed by atoms with Gasteiger partial charge in [0.25, 0.3) is 0 Å². The smallest absolute Gasteiger partial charge is 0.230 e. The van der Waals surface area contributed by atoms with Crippen molar-refractivity contribution >= 4 is 17.3 Å². The first-order chi connectivity index (χ1) is 9.66. The van der Waals surface area contributed by atoms with Crippen LogP contribution in [0.15, 0.2) is 54.6 Å². The molecule has 1 heterocycles. The summed E-state index contributed by atoms with van der Waals surface area (Å²) in [7, 11) is 4.05. The third-order valence-corrected chi connectivity index (χ3v) is 3.78. The summed E-state index contributed by atoms with van der Waals surface area (Å²) in [6.07, 6.45) is 0.593. The van der Waals surface area contributed by atoms with E-state index in [-0.39, 0.29) is 11.9 Å². The first-order valence-electron chi connectivity index (χ1n) is 6.81. The minimum atomic E-state index is 0.168. The van der Waals surface area contributed by atoms with E-state index in [2.05, 4.69) is 29.2 Å². The molecule has 0 spiro atoms. The van der Waals surface area contributed by atoms with Crippen molar-refractivity contribution in [2.45, 2.75) is 12.5 Å². The molecule has 0 bridgehead atoms. The van der Waals surface area contributed by atoms with Crippen molar-refractivity contribution in [3.63, 3.8) is 0 Å². The molecule has 3 rings (SSSR count). The fourth-order valence-corrected chi connectivity index (χ4v) is 2.59. The molecule has 1 fully saturated rings. The number of carbonyl (C=O) groups is 1. The van der Waals surface area contributed by atoms with Crippen LogP contribution in [-0.2, 0) is 4.79 Å². The average molecular weight is 266 g/mol. The molecule has 3 nitrogen and oxygen atoms in total. The lowest BCUT2D eigenvalue weighted by Gasteiger charge is -2.40. The third-order valence-electron chi connectivity index (χ3n) is 3.78. The number of anilines is 2. The van der Waals surface area contributed by atoms with E-state index < -0.39 is 0 Å². The summed E-state index contributed by atoms with van der Waals surface area (Å²) >= 11 is 0. The van der Waals surface area contributed by atoms with Gasteiger partial charge in [0.05, 0.1) is 12.5 Å². The number of amides is 1. The number of hydrogen-bond acceptors (Lipinski definition) is 2. The van der Waals surface area contributed by atoms with E-state index in [9.17, 15) is 4.79 Å². The zero-order valence-electron chi connectivity index (χ0n) is 11.8. The van der Waals surface area contributed by atoms with E-state index in [4.69, 9.17) is 0 Å². The largest absolute Gasteiger partial charge is 0.378 e. The number of para-hydroxylation sites is 1. The van der Waals surface area contributed by atoms with Crippen molar-refractivity contribution in [2.75, 3.05) is 23.9 Å². The Balaban J connectivity index is 1.85. The van der Waals surface area contributed by atoms with Crippen molar-refractivity contribution < 1.29 is 4.79 Å². The number of carbonyl (C=O) groups excluding carboxylic acids is 1. The van der Waals surface area contributed by atoms with Gasteiger partial charge >= 0.3 is 0 Å². The topological polar surface area (TPSA) is 23.6 Å². The zero-order valence-corrected chi connectivity index (χ0v) is 11.8. The molecule has 1 amide bonds. The van der Waals surface area contributed by atoms with Crippen LogP contribution in [0.4, 0.5) is 11.4 Å². The Labute approximate surface area is 119 Å². The fourth-order valence-electron chi connectivity index (χ4n) is 2.59. The van der Waals surface area contributed by atoms with Gasteiger partial charge in [0, 0.05) is 25.5 Å². The molecule has 102 valence electrons. The minimum absolute atomic E-state index is 0.168. The van der Waals surface area contributed by atoms with Crippen molar-refractivity contribution in [2.24, 2.45) is 0 Å². The van der Waals surface area contributed by atoms with Crippen LogP contribution < -0.4 is 9.80 Å². The maximum absolute atomic E-state index is 11.9. The molecule has 1 saturated heterocycles. The van der Waals surface area contributed by atoms with E-state index in [1.54, 1.807) is 0 Å². The quantitative estimate of drug-likeness (QED) is 0.796. The molecule has 1 unspecified atom stereocenters. The number of nitrogens with zero attached hydrogens (tertiary/aromatic N) is 2. The van der Waals surface area contributed by atoms with Crippen LogP contribution in [0.3, 0.4) is 0 Å². The molecule has 0 N–H and O–H groups in total. The van der Waals surface area contributed by atoms with Crippen LogP contribution in [0.2, 0.25) is 0 Å². The molecule has 0 aromatic heterocycles. The number of β-lactam (4-membered cyclic amide) rings is 1. The zero-order chi connectivity index (χ0) is 14.1. The predicted molar refractivity (Wildman–Crippen MR) is 82.1 cm³/mol. The molecule has 0 aliphatic carbocycles. The minimum Gasteiger partial charge on any atom is -0.378 e. The van der Waals surface area contributed by atoms with Crippen molar-refractivity contribution in [1.29, 1.82) is 0 Å². The lowest BCUT2D eigenvalue weighted by atomic mass is 9.93. The lowest BCUT2D eigenvalue weighted by molar-refractivity contribution is -0.124. The molecule has 2 aromatic carbocycles. The highest BCUT2D eigenvalue weighted by molar-refractivity contribution is 6.01. The normalized spacial score (nSPS) is 17.8. The van der Waals surface area contributed by atoms with Gasteiger partial charge < -0.3 is 9.80 Å². The Morgan fingerprint density at radius 3 is 2.20 bits per heavy atom. The highest BCUT2D eigenvalue weighted by Gasteiger charge is 2.37. The van der Waals surface area contributed by atoms with Crippen molar-refractivity contribution in [1.82, 2.24) is 0 Å². The van der Waals surface area contributed by atoms with Gasteiger partial charge in [-0.25, -0.2) is 0 Å². The monoisotopic (exact) mass is 266 g/mol. The maximum Gasteiger partial charge on any atom is 0.230 e. The lowest BCUT2D eigenvalue weighted by Crippen LogP contribution is -2.46. The summed E-state index contributed by atoms with van der Waals surface area (Å²) < 4.78 is 0. The Hall–Kier alpha value is -2.29. The molecule has 0 radical (unpaired) electrons. The van der Waals surface area contributed by atoms with Gasteiger partial charge in [-0.15, -0.1) is 0 Å². The molecule has 2 aromatic rings.